The van der Waals surface area contributed by atoms with Crippen molar-refractivity contribution in [2.75, 3.05) is 19.6 Å². The lowest BCUT2D eigenvalue weighted by Crippen LogP contribution is -2.39. The number of aliphatic imine (C=N–C) groups is 1. The Hall–Kier alpha value is -2.27. The number of aliphatic hydroxyl groups is 1. The second-order valence-electron chi connectivity index (χ2n) is 6.54. The Morgan fingerprint density at radius 2 is 1.84 bits per heavy atom. The van der Waals surface area contributed by atoms with E-state index in [1.165, 1.54) is 11.1 Å². The zero-order valence-electron chi connectivity index (χ0n) is 15.6. The minimum absolute atomic E-state index is 0.222. The van der Waals surface area contributed by atoms with Crippen LogP contribution in [-0.4, -0.2) is 30.7 Å². The molecule has 0 bridgehead atoms. The fourth-order valence-electron chi connectivity index (χ4n) is 2.46. The van der Waals surface area contributed by atoms with Crippen LogP contribution in [0.15, 0.2) is 45.8 Å². The summed E-state index contributed by atoms with van der Waals surface area (Å²) in [6.07, 6.45) is 0.915. The van der Waals surface area contributed by atoms with Gasteiger partial charge in [-0.25, -0.2) is 4.99 Å². The van der Waals surface area contributed by atoms with Crippen LogP contribution >= 0.6 is 0 Å². The van der Waals surface area contributed by atoms with Crippen LogP contribution in [0.25, 0.3) is 0 Å². The van der Waals surface area contributed by atoms with Crippen LogP contribution in [0.5, 0.6) is 0 Å². The van der Waals surface area contributed by atoms with Crippen molar-refractivity contribution in [3.05, 3.63) is 59.0 Å². The number of rotatable bonds is 7. The summed E-state index contributed by atoms with van der Waals surface area (Å²) in [4.78, 5) is 4.50. The van der Waals surface area contributed by atoms with Gasteiger partial charge >= 0.3 is 0 Å². The normalized spacial score (nSPS) is 14.2. The highest BCUT2D eigenvalue weighted by Gasteiger charge is 2.26. The molecule has 0 saturated heterocycles. The number of nitrogens with one attached hydrogen (secondary N) is 2. The third-order valence-electron chi connectivity index (χ3n) is 3.99. The number of aryl methyl sites for hydroxylation is 2. The number of hydrogen-bond acceptors (Lipinski definition) is 3. The second-order valence-corrected chi connectivity index (χ2v) is 6.54. The van der Waals surface area contributed by atoms with Gasteiger partial charge in [-0.05, 0) is 51.8 Å². The topological polar surface area (TPSA) is 69.8 Å². The molecule has 0 saturated carbocycles. The van der Waals surface area contributed by atoms with E-state index in [0.29, 0.717) is 11.7 Å². The van der Waals surface area contributed by atoms with E-state index in [1.54, 1.807) is 13.0 Å². The molecular weight excluding hydrogens is 314 g/mol. The molecule has 0 amide bonds. The van der Waals surface area contributed by atoms with Crippen molar-refractivity contribution < 1.29 is 9.52 Å². The van der Waals surface area contributed by atoms with Gasteiger partial charge in [0.1, 0.15) is 17.1 Å². The largest absolute Gasteiger partial charge is 0.463 e. The average molecular weight is 343 g/mol. The first-order valence-corrected chi connectivity index (χ1v) is 8.78. The van der Waals surface area contributed by atoms with Crippen molar-refractivity contribution in [2.45, 2.75) is 39.7 Å². The Morgan fingerprint density at radius 1 is 1.12 bits per heavy atom. The van der Waals surface area contributed by atoms with Gasteiger partial charge in [-0.2, -0.15) is 0 Å². The molecule has 2 rings (SSSR count). The van der Waals surface area contributed by atoms with Crippen LogP contribution in [0.3, 0.4) is 0 Å². The quantitative estimate of drug-likeness (QED) is 0.534. The Kier molecular flexibility index (Phi) is 6.65. The monoisotopic (exact) mass is 343 g/mol. The van der Waals surface area contributed by atoms with Crippen LogP contribution in [-0.2, 0) is 12.0 Å². The molecule has 1 unspecified atom stereocenters. The molecule has 0 fully saturated rings. The smallest absolute Gasteiger partial charge is 0.191 e. The molecule has 5 nitrogen and oxygen atoms in total. The van der Waals surface area contributed by atoms with Gasteiger partial charge < -0.3 is 20.2 Å². The lowest BCUT2D eigenvalue weighted by molar-refractivity contribution is 0.0428. The maximum Gasteiger partial charge on any atom is 0.191 e. The van der Waals surface area contributed by atoms with Crippen LogP contribution in [0.1, 0.15) is 36.5 Å². The van der Waals surface area contributed by atoms with Gasteiger partial charge in [0.05, 0.1) is 6.54 Å². The fourth-order valence-corrected chi connectivity index (χ4v) is 2.46. The maximum atomic E-state index is 10.6. The van der Waals surface area contributed by atoms with E-state index in [-0.39, 0.29) is 6.54 Å². The molecule has 3 N–H and O–H groups in total. The minimum Gasteiger partial charge on any atom is -0.463 e. The average Bonchev–Trinajstić information content (AvgIpc) is 3.02. The van der Waals surface area contributed by atoms with Crippen LogP contribution < -0.4 is 10.6 Å². The number of furan rings is 1. The number of benzene rings is 1. The fraction of sp³-hybridized carbons (Fsp3) is 0.450. The molecule has 0 aliphatic carbocycles. The molecule has 1 aromatic heterocycles. The lowest BCUT2D eigenvalue weighted by Gasteiger charge is -2.19. The molecule has 0 aliphatic rings. The van der Waals surface area contributed by atoms with Crippen molar-refractivity contribution in [3.63, 3.8) is 0 Å². The van der Waals surface area contributed by atoms with E-state index < -0.39 is 5.60 Å². The Labute approximate surface area is 150 Å². The predicted molar refractivity (Wildman–Crippen MR) is 102 cm³/mol. The summed E-state index contributed by atoms with van der Waals surface area (Å²) in [5.74, 6) is 2.00. The van der Waals surface area contributed by atoms with Gasteiger partial charge in [-0.3, -0.25) is 0 Å². The van der Waals surface area contributed by atoms with Crippen molar-refractivity contribution in [3.8, 4) is 0 Å². The van der Waals surface area contributed by atoms with E-state index in [2.05, 4.69) is 46.8 Å². The van der Waals surface area contributed by atoms with Crippen LogP contribution in [0.2, 0.25) is 0 Å². The molecular formula is C20H29N3O2. The molecule has 25 heavy (non-hydrogen) atoms. The molecule has 5 heteroatoms. The first kappa shape index (κ1) is 19.1. The predicted octanol–water partition coefficient (Wildman–Crippen LogP) is 2.90. The summed E-state index contributed by atoms with van der Waals surface area (Å²) in [5.41, 5.74) is 1.42. The number of nitrogens with zero attached hydrogens (tertiary/aromatic N) is 1. The molecule has 0 spiro atoms. The molecule has 136 valence electrons. The molecule has 0 radical (unpaired) electrons. The van der Waals surface area contributed by atoms with Crippen molar-refractivity contribution in [1.29, 1.82) is 0 Å². The highest BCUT2D eigenvalue weighted by molar-refractivity contribution is 5.79. The highest BCUT2D eigenvalue weighted by Crippen LogP contribution is 2.22. The molecule has 1 heterocycles. The summed E-state index contributed by atoms with van der Waals surface area (Å²) in [5, 5.41) is 17.1. The van der Waals surface area contributed by atoms with Crippen LogP contribution in [0, 0.1) is 13.8 Å². The number of hydrogen-bond donors (Lipinski definition) is 3. The summed E-state index contributed by atoms with van der Waals surface area (Å²) < 4.78 is 5.53. The zero-order valence-corrected chi connectivity index (χ0v) is 15.6. The summed E-state index contributed by atoms with van der Waals surface area (Å²) >= 11 is 0. The van der Waals surface area contributed by atoms with Crippen molar-refractivity contribution in [2.24, 2.45) is 4.99 Å². The van der Waals surface area contributed by atoms with E-state index in [9.17, 15) is 5.11 Å². The summed E-state index contributed by atoms with van der Waals surface area (Å²) in [7, 11) is 0. The third kappa shape index (κ3) is 5.94. The van der Waals surface area contributed by atoms with Crippen LogP contribution in [0.4, 0.5) is 0 Å². The van der Waals surface area contributed by atoms with Crippen molar-refractivity contribution >= 4 is 5.96 Å². The Bertz CT molecular complexity index is 687. The van der Waals surface area contributed by atoms with Gasteiger partial charge in [-0.15, -0.1) is 0 Å². The summed E-state index contributed by atoms with van der Waals surface area (Å²) in [6.45, 7) is 9.44. The molecule has 1 atom stereocenters. The standard InChI is InChI=1S/C20H29N3O2/c1-5-21-19(22-13-12-17-9-6-15(2)7-10-17)23-14-20(4,24)18-11-8-16(3)25-18/h6-11,24H,5,12-14H2,1-4H3,(H2,21,22,23). The van der Waals surface area contributed by atoms with Gasteiger partial charge in [-0.1, -0.05) is 29.8 Å². The minimum atomic E-state index is -1.13. The molecule has 2 aromatic rings. The van der Waals surface area contributed by atoms with Gasteiger partial charge in [0.15, 0.2) is 5.96 Å². The van der Waals surface area contributed by atoms with E-state index in [0.717, 1.165) is 25.3 Å². The van der Waals surface area contributed by atoms with E-state index >= 15 is 0 Å². The first-order valence-electron chi connectivity index (χ1n) is 8.78. The first-order chi connectivity index (χ1) is 11.9. The zero-order chi connectivity index (χ0) is 18.3. The molecule has 0 aliphatic heterocycles. The maximum absolute atomic E-state index is 10.6. The summed E-state index contributed by atoms with van der Waals surface area (Å²) in [6, 6.07) is 12.2. The Morgan fingerprint density at radius 3 is 2.44 bits per heavy atom. The van der Waals surface area contributed by atoms with Gasteiger partial charge in [0.25, 0.3) is 0 Å². The SMILES string of the molecule is CCNC(=NCC(C)(O)c1ccc(C)o1)NCCc1ccc(C)cc1. The molecule has 1 aromatic carbocycles. The lowest BCUT2D eigenvalue weighted by atomic mass is 10.0. The van der Waals surface area contributed by atoms with Gasteiger partial charge in [0, 0.05) is 13.1 Å². The Balaban J connectivity index is 1.92. The highest BCUT2D eigenvalue weighted by atomic mass is 16.4. The van der Waals surface area contributed by atoms with Gasteiger partial charge in [0.2, 0.25) is 0 Å². The third-order valence-corrected chi connectivity index (χ3v) is 3.99. The number of guanidine groups is 1. The van der Waals surface area contributed by atoms with E-state index in [4.69, 9.17) is 4.42 Å². The second kappa shape index (κ2) is 8.72. The van der Waals surface area contributed by atoms with E-state index in [1.807, 2.05) is 19.9 Å². The van der Waals surface area contributed by atoms with Crippen molar-refractivity contribution in [1.82, 2.24) is 10.6 Å².